The number of carbonyl (C=O) groups excluding carboxylic acids is 1. The van der Waals surface area contributed by atoms with Crippen LogP contribution < -0.4 is 4.74 Å². The van der Waals surface area contributed by atoms with Crippen LogP contribution in [0.5, 0.6) is 5.75 Å². The van der Waals surface area contributed by atoms with Gasteiger partial charge >= 0.3 is 12.1 Å². The van der Waals surface area contributed by atoms with Gasteiger partial charge in [0.15, 0.2) is 0 Å². The number of carbonyl (C=O) groups is 2. The molecule has 21 heavy (non-hydrogen) atoms. The first-order chi connectivity index (χ1) is 9.61. The number of carboxylic acid groups (broad SMARTS) is 1. The molecule has 0 fully saturated rings. The fraction of sp³-hybridized carbons (Fsp3) is 0.385. The van der Waals surface area contributed by atoms with Crippen molar-refractivity contribution < 1.29 is 29.1 Å². The van der Waals surface area contributed by atoms with E-state index < -0.39 is 22.5 Å². The predicted octanol–water partition coefficient (Wildman–Crippen LogP) is 2.74. The van der Waals surface area contributed by atoms with Crippen molar-refractivity contribution in [2.24, 2.45) is 5.41 Å². The fourth-order valence-corrected chi connectivity index (χ4v) is 1.35. The monoisotopic (exact) mass is 297 g/mol. The fourth-order valence-electron chi connectivity index (χ4n) is 1.35. The van der Waals surface area contributed by atoms with Crippen LogP contribution >= 0.6 is 0 Å². The van der Waals surface area contributed by atoms with Gasteiger partial charge in [-0.05, 0) is 26.8 Å². The molecule has 0 unspecified atom stereocenters. The molecule has 0 bridgehead atoms. The molecule has 1 rings (SSSR count). The van der Waals surface area contributed by atoms with E-state index in [0.717, 1.165) is 18.2 Å². The Morgan fingerprint density at radius 1 is 1.33 bits per heavy atom. The summed E-state index contributed by atoms with van der Waals surface area (Å²) in [6.07, 6.45) is -1.56. The van der Waals surface area contributed by atoms with Crippen molar-refractivity contribution in [1.82, 2.24) is 0 Å². The Morgan fingerprint density at radius 2 is 1.95 bits per heavy atom. The van der Waals surface area contributed by atoms with Crippen molar-refractivity contribution >= 4 is 17.8 Å². The van der Waals surface area contributed by atoms with Crippen LogP contribution in [0, 0.1) is 15.5 Å². The van der Waals surface area contributed by atoms with E-state index >= 15 is 0 Å². The highest BCUT2D eigenvalue weighted by atomic mass is 16.7. The highest BCUT2D eigenvalue weighted by Crippen LogP contribution is 2.26. The van der Waals surface area contributed by atoms with E-state index in [0.29, 0.717) is 0 Å². The molecule has 0 spiro atoms. The Labute approximate surface area is 120 Å². The third-order valence-electron chi connectivity index (χ3n) is 2.42. The number of ether oxygens (including phenoxy) is 2. The smallest absolute Gasteiger partial charge is 0.460 e. The number of nitro benzene ring substituents is 1. The Hall–Kier alpha value is -2.64. The number of nitrogens with zero attached hydrogens (tertiary/aromatic N) is 1. The molecule has 114 valence electrons. The van der Waals surface area contributed by atoms with Crippen molar-refractivity contribution in [2.45, 2.75) is 27.4 Å². The van der Waals surface area contributed by atoms with Crippen LogP contribution in [-0.2, 0) is 16.1 Å². The largest absolute Gasteiger partial charge is 0.511 e. The van der Waals surface area contributed by atoms with Gasteiger partial charge < -0.3 is 14.6 Å². The molecule has 0 heterocycles. The predicted molar refractivity (Wildman–Crippen MR) is 71.0 cm³/mol. The number of benzene rings is 1. The van der Waals surface area contributed by atoms with Gasteiger partial charge in [-0.15, -0.1) is 0 Å². The van der Waals surface area contributed by atoms with Crippen LogP contribution in [0.4, 0.5) is 10.5 Å². The molecule has 0 aliphatic carbocycles. The summed E-state index contributed by atoms with van der Waals surface area (Å²) >= 11 is 0. The Kier molecular flexibility index (Phi) is 4.85. The highest BCUT2D eigenvalue weighted by Gasteiger charge is 2.24. The van der Waals surface area contributed by atoms with Gasteiger partial charge in [-0.1, -0.05) is 0 Å². The lowest BCUT2D eigenvalue weighted by molar-refractivity contribution is -0.385. The Balaban J connectivity index is 3.00. The summed E-state index contributed by atoms with van der Waals surface area (Å²) in [5.41, 5.74) is -0.895. The maximum absolute atomic E-state index is 11.7. The van der Waals surface area contributed by atoms with Gasteiger partial charge in [0, 0.05) is 17.7 Å². The minimum absolute atomic E-state index is 0.101. The molecule has 8 heteroatoms. The molecular weight excluding hydrogens is 282 g/mol. The second-order valence-corrected chi connectivity index (χ2v) is 5.24. The minimum atomic E-state index is -1.56. The first-order valence-electron chi connectivity index (χ1n) is 5.96. The number of rotatable bonds is 4. The van der Waals surface area contributed by atoms with Gasteiger partial charge in [0.25, 0.3) is 5.69 Å². The van der Waals surface area contributed by atoms with Crippen LogP contribution in [0.3, 0.4) is 0 Å². The summed E-state index contributed by atoms with van der Waals surface area (Å²) in [6, 6.07) is 3.36. The van der Waals surface area contributed by atoms with E-state index in [9.17, 15) is 19.7 Å². The van der Waals surface area contributed by atoms with Gasteiger partial charge in [-0.25, -0.2) is 4.79 Å². The molecule has 0 atom stereocenters. The van der Waals surface area contributed by atoms with E-state index in [1.165, 1.54) is 0 Å². The third kappa shape index (κ3) is 4.75. The van der Waals surface area contributed by atoms with Crippen molar-refractivity contribution in [3.63, 3.8) is 0 Å². The average molecular weight is 297 g/mol. The molecule has 1 aromatic rings. The highest BCUT2D eigenvalue weighted by molar-refractivity contribution is 5.75. The normalized spacial score (nSPS) is 10.8. The lowest BCUT2D eigenvalue weighted by Crippen LogP contribution is -2.23. The van der Waals surface area contributed by atoms with Gasteiger partial charge in [-0.3, -0.25) is 14.9 Å². The number of nitro groups is 1. The zero-order valence-electron chi connectivity index (χ0n) is 11.8. The standard InChI is InChI=1S/C13H15NO7/c1-13(2,3)11(15)20-7-8-6-9(14(18)19)4-5-10(8)21-12(16)17/h4-6H,7H2,1-3H3,(H,16,17). The quantitative estimate of drug-likeness (QED) is 0.393. The second-order valence-electron chi connectivity index (χ2n) is 5.24. The summed E-state index contributed by atoms with van der Waals surface area (Å²) in [5.74, 6) is -0.634. The summed E-state index contributed by atoms with van der Waals surface area (Å²) in [6.45, 7) is 4.63. The summed E-state index contributed by atoms with van der Waals surface area (Å²) in [7, 11) is 0. The Morgan fingerprint density at radius 3 is 2.43 bits per heavy atom. The zero-order valence-corrected chi connectivity index (χ0v) is 11.8. The lowest BCUT2D eigenvalue weighted by atomic mass is 9.97. The van der Waals surface area contributed by atoms with E-state index in [1.807, 2.05) is 0 Å². The van der Waals surface area contributed by atoms with Gasteiger partial charge in [0.1, 0.15) is 12.4 Å². The van der Waals surface area contributed by atoms with Gasteiger partial charge in [0.2, 0.25) is 0 Å². The SMILES string of the molecule is CC(C)(C)C(=O)OCc1cc([N+](=O)[O-])ccc1OC(=O)O. The number of non-ortho nitro benzene ring substituents is 1. The van der Waals surface area contributed by atoms with Crippen molar-refractivity contribution in [2.75, 3.05) is 0 Å². The van der Waals surface area contributed by atoms with Crippen molar-refractivity contribution in [3.8, 4) is 5.75 Å². The molecule has 0 amide bonds. The third-order valence-corrected chi connectivity index (χ3v) is 2.42. The molecule has 0 saturated carbocycles. The zero-order chi connectivity index (χ0) is 16.2. The van der Waals surface area contributed by atoms with E-state index in [-0.39, 0.29) is 23.6 Å². The van der Waals surface area contributed by atoms with Crippen LogP contribution in [0.2, 0.25) is 0 Å². The summed E-state index contributed by atoms with van der Waals surface area (Å²) < 4.78 is 9.52. The van der Waals surface area contributed by atoms with Crippen LogP contribution in [0.15, 0.2) is 18.2 Å². The molecule has 8 nitrogen and oxygen atoms in total. The molecule has 0 radical (unpaired) electrons. The van der Waals surface area contributed by atoms with E-state index in [2.05, 4.69) is 4.74 Å². The topological polar surface area (TPSA) is 116 Å². The summed E-state index contributed by atoms with van der Waals surface area (Å²) in [5, 5.41) is 19.3. The number of esters is 1. The van der Waals surface area contributed by atoms with E-state index in [4.69, 9.17) is 9.84 Å². The van der Waals surface area contributed by atoms with Crippen LogP contribution in [-0.4, -0.2) is 22.2 Å². The first-order valence-corrected chi connectivity index (χ1v) is 5.96. The average Bonchev–Trinajstić information content (AvgIpc) is 2.35. The first kappa shape index (κ1) is 16.4. The molecule has 0 aliphatic heterocycles. The van der Waals surface area contributed by atoms with E-state index in [1.54, 1.807) is 20.8 Å². The van der Waals surface area contributed by atoms with Crippen molar-refractivity contribution in [1.29, 1.82) is 0 Å². The summed E-state index contributed by atoms with van der Waals surface area (Å²) in [4.78, 5) is 32.3. The molecule has 0 saturated heterocycles. The maximum Gasteiger partial charge on any atom is 0.511 e. The Bertz CT molecular complexity index is 574. The number of hydrogen-bond donors (Lipinski definition) is 1. The molecule has 0 aliphatic rings. The van der Waals surface area contributed by atoms with Gasteiger partial charge in [-0.2, -0.15) is 0 Å². The van der Waals surface area contributed by atoms with Crippen molar-refractivity contribution in [3.05, 3.63) is 33.9 Å². The molecular formula is C13H15NO7. The molecule has 1 N–H and O–H groups in total. The minimum Gasteiger partial charge on any atom is -0.460 e. The van der Waals surface area contributed by atoms with Crippen LogP contribution in [0.25, 0.3) is 0 Å². The lowest BCUT2D eigenvalue weighted by Gasteiger charge is -2.17. The second kappa shape index (κ2) is 6.21. The van der Waals surface area contributed by atoms with Crippen LogP contribution in [0.1, 0.15) is 26.3 Å². The number of hydrogen-bond acceptors (Lipinski definition) is 6. The maximum atomic E-state index is 11.7. The molecule has 0 aromatic heterocycles. The molecule has 1 aromatic carbocycles. The van der Waals surface area contributed by atoms with Gasteiger partial charge in [0.05, 0.1) is 10.3 Å².